The smallest absolute Gasteiger partial charge is 0.225 e. The van der Waals surface area contributed by atoms with Gasteiger partial charge in [0, 0.05) is 26.7 Å². The summed E-state index contributed by atoms with van der Waals surface area (Å²) in [5.41, 5.74) is 3.01. The van der Waals surface area contributed by atoms with Crippen LogP contribution in [-0.4, -0.2) is 36.1 Å². The number of hydrogen-bond donors (Lipinski definition) is 2. The number of carbonyl (C=O) groups excluding carboxylic acids is 1. The monoisotopic (exact) mass is 248 g/mol. The minimum absolute atomic E-state index is 0.129. The molecule has 0 unspecified atom stereocenters. The topological polar surface area (TPSA) is 52.6 Å². The molecule has 2 rings (SSSR count). The van der Waals surface area contributed by atoms with Crippen LogP contribution in [0.2, 0.25) is 0 Å². The number of likely N-dealkylation sites (tertiary alicyclic amines) is 1. The number of phenols is 1. The zero-order chi connectivity index (χ0) is 13.3. The van der Waals surface area contributed by atoms with Gasteiger partial charge in [0.1, 0.15) is 5.75 Å². The first-order chi connectivity index (χ1) is 8.51. The summed E-state index contributed by atoms with van der Waals surface area (Å²) in [5, 5.41) is 12.4. The number of carbonyl (C=O) groups is 1. The number of rotatable bonds is 3. The summed E-state index contributed by atoms with van der Waals surface area (Å²) >= 11 is 0. The molecule has 0 bridgehead atoms. The van der Waals surface area contributed by atoms with Crippen LogP contribution in [0.5, 0.6) is 5.75 Å². The quantitative estimate of drug-likeness (QED) is 0.844. The second kappa shape index (κ2) is 4.98. The second-order valence-electron chi connectivity index (χ2n) is 5.08. The highest BCUT2D eigenvalue weighted by molar-refractivity contribution is 5.79. The van der Waals surface area contributed by atoms with Crippen molar-refractivity contribution in [1.82, 2.24) is 10.2 Å². The van der Waals surface area contributed by atoms with Crippen LogP contribution in [0.1, 0.15) is 16.7 Å². The Morgan fingerprint density at radius 1 is 1.39 bits per heavy atom. The van der Waals surface area contributed by atoms with Crippen molar-refractivity contribution in [3.8, 4) is 5.75 Å². The molecule has 18 heavy (non-hydrogen) atoms. The van der Waals surface area contributed by atoms with Crippen molar-refractivity contribution in [2.24, 2.45) is 5.92 Å². The lowest BCUT2D eigenvalue weighted by Gasteiger charge is -2.38. The van der Waals surface area contributed by atoms with Gasteiger partial charge in [0.2, 0.25) is 5.91 Å². The summed E-state index contributed by atoms with van der Waals surface area (Å²) in [6.07, 6.45) is 0. The van der Waals surface area contributed by atoms with E-state index in [1.165, 1.54) is 5.56 Å². The van der Waals surface area contributed by atoms with Crippen LogP contribution in [0.15, 0.2) is 12.1 Å². The highest BCUT2D eigenvalue weighted by atomic mass is 16.3. The van der Waals surface area contributed by atoms with Crippen molar-refractivity contribution in [2.75, 3.05) is 20.1 Å². The molecule has 2 N–H and O–H groups in total. The largest absolute Gasteiger partial charge is 0.507 e. The number of aryl methyl sites for hydroxylation is 2. The zero-order valence-corrected chi connectivity index (χ0v) is 11.2. The Labute approximate surface area is 108 Å². The predicted molar refractivity (Wildman–Crippen MR) is 70.4 cm³/mol. The maximum atomic E-state index is 11.4. The van der Waals surface area contributed by atoms with Crippen LogP contribution in [0.25, 0.3) is 0 Å². The molecule has 0 atom stereocenters. The fourth-order valence-electron chi connectivity index (χ4n) is 2.46. The van der Waals surface area contributed by atoms with Crippen molar-refractivity contribution in [3.05, 3.63) is 28.8 Å². The molecular weight excluding hydrogens is 228 g/mol. The van der Waals surface area contributed by atoms with Gasteiger partial charge < -0.3 is 10.4 Å². The molecule has 1 aliphatic rings. The van der Waals surface area contributed by atoms with E-state index in [4.69, 9.17) is 0 Å². The van der Waals surface area contributed by atoms with Gasteiger partial charge in [0.15, 0.2) is 0 Å². The standard InChI is InChI=1S/C14H20N2O2/c1-9-4-11(5-10(2)13(9)17)6-16-7-12(8-16)14(18)15-3/h4-5,12,17H,6-8H2,1-3H3,(H,15,18). The van der Waals surface area contributed by atoms with E-state index in [1.807, 2.05) is 26.0 Å². The minimum atomic E-state index is 0.129. The average molecular weight is 248 g/mol. The maximum Gasteiger partial charge on any atom is 0.225 e. The summed E-state index contributed by atoms with van der Waals surface area (Å²) < 4.78 is 0. The molecule has 1 aromatic rings. The molecule has 0 saturated carbocycles. The molecule has 0 aliphatic carbocycles. The lowest BCUT2D eigenvalue weighted by molar-refractivity contribution is -0.129. The van der Waals surface area contributed by atoms with Gasteiger partial charge in [-0.15, -0.1) is 0 Å². The Hall–Kier alpha value is -1.55. The molecule has 1 fully saturated rings. The zero-order valence-electron chi connectivity index (χ0n) is 11.2. The lowest BCUT2D eigenvalue weighted by atomic mass is 9.97. The molecule has 98 valence electrons. The first-order valence-corrected chi connectivity index (χ1v) is 6.24. The van der Waals surface area contributed by atoms with E-state index in [9.17, 15) is 9.90 Å². The molecule has 0 aromatic heterocycles. The van der Waals surface area contributed by atoms with E-state index in [1.54, 1.807) is 7.05 Å². The minimum Gasteiger partial charge on any atom is -0.507 e. The molecule has 4 heteroatoms. The highest BCUT2D eigenvalue weighted by Gasteiger charge is 2.31. The van der Waals surface area contributed by atoms with Gasteiger partial charge in [0.25, 0.3) is 0 Å². The van der Waals surface area contributed by atoms with E-state index < -0.39 is 0 Å². The molecule has 1 heterocycles. The first kappa shape index (κ1) is 12.9. The van der Waals surface area contributed by atoms with Gasteiger partial charge >= 0.3 is 0 Å². The Morgan fingerprint density at radius 2 is 1.94 bits per heavy atom. The fraction of sp³-hybridized carbons (Fsp3) is 0.500. The van der Waals surface area contributed by atoms with Gasteiger partial charge in [-0.1, -0.05) is 12.1 Å². The number of phenolic OH excluding ortho intramolecular Hbond substituents is 1. The fourth-order valence-corrected chi connectivity index (χ4v) is 2.46. The molecule has 4 nitrogen and oxygen atoms in total. The van der Waals surface area contributed by atoms with Gasteiger partial charge in [-0.2, -0.15) is 0 Å². The predicted octanol–water partition coefficient (Wildman–Crippen LogP) is 1.19. The van der Waals surface area contributed by atoms with Crippen molar-refractivity contribution in [2.45, 2.75) is 20.4 Å². The van der Waals surface area contributed by atoms with Gasteiger partial charge in [0.05, 0.1) is 5.92 Å². The third-order valence-corrected chi connectivity index (χ3v) is 3.53. The molecule has 1 saturated heterocycles. The molecule has 0 spiro atoms. The SMILES string of the molecule is CNC(=O)C1CN(Cc2cc(C)c(O)c(C)c2)C1. The third-order valence-electron chi connectivity index (χ3n) is 3.53. The molecule has 1 aromatic carbocycles. The van der Waals surface area contributed by atoms with Crippen LogP contribution < -0.4 is 5.32 Å². The normalized spacial score (nSPS) is 16.4. The summed E-state index contributed by atoms with van der Waals surface area (Å²) in [7, 11) is 1.68. The van der Waals surface area contributed by atoms with Crippen LogP contribution in [-0.2, 0) is 11.3 Å². The van der Waals surface area contributed by atoms with Crippen LogP contribution in [0, 0.1) is 19.8 Å². The van der Waals surface area contributed by atoms with E-state index in [0.29, 0.717) is 5.75 Å². The van der Waals surface area contributed by atoms with Crippen LogP contribution in [0.4, 0.5) is 0 Å². The third kappa shape index (κ3) is 2.48. The highest BCUT2D eigenvalue weighted by Crippen LogP contribution is 2.25. The van der Waals surface area contributed by atoms with Gasteiger partial charge in [-0.3, -0.25) is 9.69 Å². The number of amides is 1. The van der Waals surface area contributed by atoms with Gasteiger partial charge in [-0.05, 0) is 30.5 Å². The van der Waals surface area contributed by atoms with E-state index in [-0.39, 0.29) is 11.8 Å². The van der Waals surface area contributed by atoms with Gasteiger partial charge in [-0.25, -0.2) is 0 Å². The number of benzene rings is 1. The van der Waals surface area contributed by atoms with Crippen molar-refractivity contribution < 1.29 is 9.90 Å². The van der Waals surface area contributed by atoms with E-state index in [0.717, 1.165) is 30.8 Å². The summed E-state index contributed by atoms with van der Waals surface area (Å²) in [5.74, 6) is 0.643. The molecule has 1 aliphatic heterocycles. The maximum absolute atomic E-state index is 11.4. The van der Waals surface area contributed by atoms with Crippen molar-refractivity contribution in [1.29, 1.82) is 0 Å². The molecular formula is C14H20N2O2. The Bertz CT molecular complexity index is 442. The number of hydrogen-bond acceptors (Lipinski definition) is 3. The van der Waals surface area contributed by atoms with Crippen molar-refractivity contribution >= 4 is 5.91 Å². The summed E-state index contributed by atoms with van der Waals surface area (Å²) in [4.78, 5) is 13.6. The Kier molecular flexibility index (Phi) is 3.57. The average Bonchev–Trinajstić information content (AvgIpc) is 2.29. The Balaban J connectivity index is 1.95. The number of nitrogens with one attached hydrogen (secondary N) is 1. The molecule has 1 amide bonds. The van der Waals surface area contributed by atoms with Crippen LogP contribution >= 0.6 is 0 Å². The van der Waals surface area contributed by atoms with Crippen LogP contribution in [0.3, 0.4) is 0 Å². The Morgan fingerprint density at radius 3 is 2.44 bits per heavy atom. The number of nitrogens with zero attached hydrogens (tertiary/aromatic N) is 1. The first-order valence-electron chi connectivity index (χ1n) is 6.24. The molecule has 0 radical (unpaired) electrons. The van der Waals surface area contributed by atoms with E-state index >= 15 is 0 Å². The second-order valence-corrected chi connectivity index (χ2v) is 5.08. The lowest BCUT2D eigenvalue weighted by Crippen LogP contribution is -2.52. The number of aromatic hydroxyl groups is 1. The van der Waals surface area contributed by atoms with E-state index in [2.05, 4.69) is 10.2 Å². The summed E-state index contributed by atoms with van der Waals surface area (Å²) in [6.45, 7) is 6.30. The summed E-state index contributed by atoms with van der Waals surface area (Å²) in [6, 6.07) is 4.02. The van der Waals surface area contributed by atoms with Crippen molar-refractivity contribution in [3.63, 3.8) is 0 Å².